The van der Waals surface area contributed by atoms with E-state index in [1.54, 1.807) is 0 Å². The second-order valence-electron chi connectivity index (χ2n) is 3.00. The van der Waals surface area contributed by atoms with Gasteiger partial charge in [0.1, 0.15) is 0 Å². The van der Waals surface area contributed by atoms with E-state index in [-0.39, 0.29) is 57.5 Å². The van der Waals surface area contributed by atoms with Crippen LogP contribution < -0.4 is 51.4 Å². The van der Waals surface area contributed by atoms with Crippen molar-refractivity contribution in [3.8, 4) is 0 Å². The van der Waals surface area contributed by atoms with Gasteiger partial charge in [-0.25, -0.2) is 0 Å². The molecule has 1 saturated carbocycles. The molecule has 0 N–H and O–H groups in total. The summed E-state index contributed by atoms with van der Waals surface area (Å²) in [6.45, 7) is 0. The summed E-state index contributed by atoms with van der Waals surface area (Å²) in [5.74, 6) is 0. The van der Waals surface area contributed by atoms with Gasteiger partial charge < -0.3 is 21.3 Å². The van der Waals surface area contributed by atoms with Crippen LogP contribution in [0.3, 0.4) is 0 Å². The molecule has 0 aromatic rings. The van der Waals surface area contributed by atoms with E-state index in [1.165, 1.54) is 26.4 Å². The Hall–Kier alpha value is 2.56. The first-order valence-electron chi connectivity index (χ1n) is 4.19. The van der Waals surface area contributed by atoms with Crippen LogP contribution in [0, 0.1) is 0 Å². The van der Waals surface area contributed by atoms with Crippen LogP contribution in [0.4, 0.5) is 0 Å². The summed E-state index contributed by atoms with van der Waals surface area (Å²) >= 11 is 10.0. The molecule has 0 radical (unpaired) electrons. The number of rotatable bonds is 3. The van der Waals surface area contributed by atoms with Gasteiger partial charge in [-0.05, 0) is 12.8 Å². The quantitative estimate of drug-likeness (QED) is 0.398. The van der Waals surface area contributed by atoms with E-state index < -0.39 is 5.69 Å². The molecule has 1 fully saturated rings. The number of hydrogen-bond acceptors (Lipinski definition) is 4. The van der Waals surface area contributed by atoms with E-state index >= 15 is 0 Å². The van der Waals surface area contributed by atoms with Gasteiger partial charge in [0.15, 0.2) is 0 Å². The van der Waals surface area contributed by atoms with Crippen LogP contribution in [0.1, 0.15) is 32.1 Å². The zero-order chi connectivity index (χ0) is 9.03. The van der Waals surface area contributed by atoms with E-state index in [1.807, 2.05) is 0 Å². The molecule has 0 saturated heterocycles. The molecule has 0 aromatic heterocycles. The Labute approximate surface area is 133 Å². The molecule has 6 heteroatoms. The Kier molecular flexibility index (Phi) is 9.30. The average Bonchev–Trinajstić information content (AvgIpc) is 2.06. The van der Waals surface area contributed by atoms with Crippen LogP contribution in [0.25, 0.3) is 0 Å². The topological polar surface area (TPSA) is 18.5 Å². The summed E-state index contributed by atoms with van der Waals surface area (Å²) in [6.07, 6.45) is 6.24. The maximum absolute atomic E-state index is 5.55. The van der Waals surface area contributed by atoms with Crippen LogP contribution >= 0.6 is 5.69 Å². The summed E-state index contributed by atoms with van der Waals surface area (Å²) in [6, 6.07) is 0. The molecule has 1 aliphatic carbocycles. The average molecular weight is 264 g/mol. The van der Waals surface area contributed by atoms with Gasteiger partial charge >= 0.3 is 51.4 Å². The van der Waals surface area contributed by atoms with Gasteiger partial charge in [0.2, 0.25) is 0 Å². The molecule has 0 heterocycles. The molecular formula is C7H14KO2PS2. The van der Waals surface area contributed by atoms with Gasteiger partial charge in [0.25, 0.3) is 0 Å². The third-order valence-electron chi connectivity index (χ3n) is 2.05. The summed E-state index contributed by atoms with van der Waals surface area (Å²) in [7, 11) is 1.54. The predicted molar refractivity (Wildman–Crippen MR) is 56.6 cm³/mol. The van der Waals surface area contributed by atoms with E-state index in [4.69, 9.17) is 33.1 Å². The van der Waals surface area contributed by atoms with Crippen molar-refractivity contribution in [1.82, 2.24) is 0 Å². The maximum atomic E-state index is 5.55. The van der Waals surface area contributed by atoms with Crippen molar-refractivity contribution in [2.45, 2.75) is 38.2 Å². The van der Waals surface area contributed by atoms with Crippen molar-refractivity contribution < 1.29 is 60.4 Å². The Balaban J connectivity index is 0.00000144. The summed E-state index contributed by atoms with van der Waals surface area (Å²) in [5.41, 5.74) is -2.33. The minimum atomic E-state index is -2.33. The molecule has 1 unspecified atom stereocenters. The van der Waals surface area contributed by atoms with Crippen LogP contribution in [0.2, 0.25) is 0 Å². The molecule has 2 nitrogen and oxygen atoms in total. The third kappa shape index (κ3) is 6.66. The fraction of sp³-hybridized carbons (Fsp3) is 1.00. The van der Waals surface area contributed by atoms with Crippen LogP contribution in [-0.4, -0.2) is 13.2 Å². The Bertz CT molecular complexity index is 185. The number of hydrogen-bond donors (Lipinski definition) is 0. The van der Waals surface area contributed by atoms with Crippen LogP contribution in [0.15, 0.2) is 0 Å². The van der Waals surface area contributed by atoms with E-state index in [0.717, 1.165) is 12.8 Å². The zero-order valence-corrected chi connectivity index (χ0v) is 13.8. The van der Waals surface area contributed by atoms with Crippen molar-refractivity contribution >= 4 is 29.7 Å². The summed E-state index contributed by atoms with van der Waals surface area (Å²) < 4.78 is 10.5. The van der Waals surface area contributed by atoms with E-state index in [0.29, 0.717) is 0 Å². The molecule has 0 spiro atoms. The maximum Gasteiger partial charge on any atom is 1.00 e. The van der Waals surface area contributed by atoms with Crippen molar-refractivity contribution in [3.05, 3.63) is 0 Å². The van der Waals surface area contributed by atoms with Crippen molar-refractivity contribution in [3.63, 3.8) is 0 Å². The van der Waals surface area contributed by atoms with Gasteiger partial charge in [-0.2, -0.15) is 0 Å². The summed E-state index contributed by atoms with van der Waals surface area (Å²) in [5, 5.41) is 0. The van der Waals surface area contributed by atoms with Gasteiger partial charge in [-0.15, -0.1) is 0 Å². The zero-order valence-electron chi connectivity index (χ0n) is 8.19. The Morgan fingerprint density at radius 1 is 1.31 bits per heavy atom. The fourth-order valence-corrected chi connectivity index (χ4v) is 2.79. The molecule has 72 valence electrons. The molecule has 0 aliphatic heterocycles. The fourth-order valence-electron chi connectivity index (χ4n) is 1.40. The van der Waals surface area contributed by atoms with Gasteiger partial charge in [-0.3, -0.25) is 0 Å². The minimum Gasteiger partial charge on any atom is -0.691 e. The molecule has 0 bridgehead atoms. The van der Waals surface area contributed by atoms with Gasteiger partial charge in [0.05, 0.1) is 11.8 Å². The molecule has 0 amide bonds. The molecular weight excluding hydrogens is 250 g/mol. The Morgan fingerprint density at radius 2 is 1.85 bits per heavy atom. The molecule has 0 aromatic carbocycles. The van der Waals surface area contributed by atoms with Crippen molar-refractivity contribution in [1.29, 1.82) is 0 Å². The predicted octanol–water partition coefficient (Wildman–Crippen LogP) is -0.243. The van der Waals surface area contributed by atoms with Gasteiger partial charge in [-0.1, -0.05) is 31.1 Å². The Morgan fingerprint density at radius 3 is 2.31 bits per heavy atom. The van der Waals surface area contributed by atoms with Gasteiger partial charge in [0, 0.05) is 7.11 Å². The normalized spacial score (nSPS) is 23.2. The minimum absolute atomic E-state index is 0. The molecule has 1 atom stereocenters. The third-order valence-corrected chi connectivity index (χ3v) is 4.47. The van der Waals surface area contributed by atoms with Crippen LogP contribution in [-0.2, 0) is 33.1 Å². The molecule has 1 aliphatic rings. The standard InChI is InChI=1S/C7H15O2PS2.K/c1-8-10(11,12)9-7-5-3-2-4-6-7;/h7H,2-6H2,1H3,(H,11,12);/q;+1/p-1. The van der Waals surface area contributed by atoms with E-state index in [9.17, 15) is 0 Å². The van der Waals surface area contributed by atoms with Crippen molar-refractivity contribution in [2.24, 2.45) is 0 Å². The van der Waals surface area contributed by atoms with Crippen molar-refractivity contribution in [2.75, 3.05) is 7.11 Å². The SMILES string of the molecule is COP(=S)([S-])OC1CCCCC1.[K+]. The molecule has 13 heavy (non-hydrogen) atoms. The largest absolute Gasteiger partial charge is 1.00 e. The molecule has 1 rings (SSSR count). The first-order valence-corrected chi connectivity index (χ1v) is 7.84. The van der Waals surface area contributed by atoms with Crippen LogP contribution in [0.5, 0.6) is 0 Å². The first kappa shape index (κ1) is 15.6. The summed E-state index contributed by atoms with van der Waals surface area (Å²) in [4.78, 5) is 0. The monoisotopic (exact) mass is 264 g/mol. The smallest absolute Gasteiger partial charge is 0.691 e. The second kappa shape index (κ2) is 7.77. The van der Waals surface area contributed by atoms with E-state index in [2.05, 4.69) is 0 Å². The first-order chi connectivity index (χ1) is 5.64. The second-order valence-corrected chi connectivity index (χ2v) is 8.04.